The van der Waals surface area contributed by atoms with E-state index in [1.165, 1.54) is 0 Å². The van der Waals surface area contributed by atoms with E-state index in [2.05, 4.69) is 5.32 Å². The Kier molecular flexibility index (Phi) is 8.62. The van der Waals surface area contributed by atoms with Gasteiger partial charge in [0.25, 0.3) is 5.91 Å². The molecule has 0 bridgehead atoms. The summed E-state index contributed by atoms with van der Waals surface area (Å²) in [5.74, 6) is 0.491. The van der Waals surface area contributed by atoms with Crippen LogP contribution in [0.25, 0.3) is 0 Å². The van der Waals surface area contributed by atoms with Crippen molar-refractivity contribution in [3.05, 3.63) is 28.8 Å². The fraction of sp³-hybridized carbons (Fsp3) is 0.500. The number of benzene rings is 1. The third kappa shape index (κ3) is 6.46. The monoisotopic (exact) mass is 320 g/mol. The standard InChI is InChI=1S/C14H21ClN2O2.ClH/c1-9-8-12(4-5-13(9)15)19-11(3)14(18)17-7-6-10(2)16;/h4-5,8,10-11H,6-7,16H2,1-3H3,(H,17,18);1H. The summed E-state index contributed by atoms with van der Waals surface area (Å²) in [6.45, 7) is 6.07. The van der Waals surface area contributed by atoms with Crippen molar-refractivity contribution < 1.29 is 9.53 Å². The molecule has 1 aromatic rings. The second-order valence-electron chi connectivity index (χ2n) is 4.73. The Morgan fingerprint density at radius 2 is 2.10 bits per heavy atom. The molecule has 0 aromatic heterocycles. The number of amides is 1. The highest BCUT2D eigenvalue weighted by atomic mass is 35.5. The zero-order valence-corrected chi connectivity index (χ0v) is 13.6. The fourth-order valence-electron chi connectivity index (χ4n) is 1.51. The van der Waals surface area contributed by atoms with Gasteiger partial charge in [-0.1, -0.05) is 11.6 Å². The largest absolute Gasteiger partial charge is 0.481 e. The summed E-state index contributed by atoms with van der Waals surface area (Å²) in [6, 6.07) is 5.40. The average Bonchev–Trinajstić information content (AvgIpc) is 2.33. The van der Waals surface area contributed by atoms with Crippen molar-refractivity contribution in [1.29, 1.82) is 0 Å². The number of aryl methyl sites for hydroxylation is 1. The molecule has 4 nitrogen and oxygen atoms in total. The molecule has 2 unspecified atom stereocenters. The van der Waals surface area contributed by atoms with Crippen molar-refractivity contribution in [1.82, 2.24) is 5.32 Å². The van der Waals surface area contributed by atoms with Gasteiger partial charge in [0.15, 0.2) is 6.10 Å². The summed E-state index contributed by atoms with van der Waals surface area (Å²) in [5.41, 5.74) is 6.53. The van der Waals surface area contributed by atoms with Gasteiger partial charge in [0, 0.05) is 17.6 Å². The van der Waals surface area contributed by atoms with Crippen LogP contribution in [0.5, 0.6) is 5.75 Å². The molecule has 0 aliphatic heterocycles. The Bertz CT molecular complexity index is 439. The van der Waals surface area contributed by atoms with Gasteiger partial charge in [-0.3, -0.25) is 4.79 Å². The Morgan fingerprint density at radius 3 is 2.65 bits per heavy atom. The molecule has 2 atom stereocenters. The second-order valence-corrected chi connectivity index (χ2v) is 5.14. The molecule has 6 heteroatoms. The van der Waals surface area contributed by atoms with E-state index in [-0.39, 0.29) is 24.4 Å². The van der Waals surface area contributed by atoms with Gasteiger partial charge in [-0.2, -0.15) is 0 Å². The Labute approximate surface area is 131 Å². The maximum Gasteiger partial charge on any atom is 0.260 e. The summed E-state index contributed by atoms with van der Waals surface area (Å²) in [4.78, 5) is 11.8. The van der Waals surface area contributed by atoms with Gasteiger partial charge in [0.05, 0.1) is 0 Å². The lowest BCUT2D eigenvalue weighted by Gasteiger charge is -2.15. The van der Waals surface area contributed by atoms with E-state index < -0.39 is 6.10 Å². The van der Waals surface area contributed by atoms with Crippen molar-refractivity contribution >= 4 is 29.9 Å². The molecule has 114 valence electrons. The molecule has 1 aromatic carbocycles. The van der Waals surface area contributed by atoms with Crippen LogP contribution in [0.2, 0.25) is 5.02 Å². The topological polar surface area (TPSA) is 64.3 Å². The first-order chi connectivity index (χ1) is 8.90. The summed E-state index contributed by atoms with van der Waals surface area (Å²) in [5, 5.41) is 3.47. The third-order valence-electron chi connectivity index (χ3n) is 2.71. The van der Waals surface area contributed by atoms with Crippen LogP contribution in [0.4, 0.5) is 0 Å². The minimum Gasteiger partial charge on any atom is -0.481 e. The van der Waals surface area contributed by atoms with E-state index in [1.54, 1.807) is 19.1 Å². The molecule has 0 heterocycles. The van der Waals surface area contributed by atoms with Gasteiger partial charge in [-0.05, 0) is 51.0 Å². The van der Waals surface area contributed by atoms with E-state index in [4.69, 9.17) is 22.1 Å². The lowest BCUT2D eigenvalue weighted by molar-refractivity contribution is -0.127. The average molecular weight is 321 g/mol. The number of ether oxygens (including phenoxy) is 1. The quantitative estimate of drug-likeness (QED) is 0.847. The number of nitrogens with one attached hydrogen (secondary N) is 1. The molecule has 0 aliphatic carbocycles. The van der Waals surface area contributed by atoms with Crippen molar-refractivity contribution in [2.24, 2.45) is 5.73 Å². The van der Waals surface area contributed by atoms with Crippen LogP contribution >= 0.6 is 24.0 Å². The van der Waals surface area contributed by atoms with Gasteiger partial charge in [0.2, 0.25) is 0 Å². The lowest BCUT2D eigenvalue weighted by Crippen LogP contribution is -2.38. The highest BCUT2D eigenvalue weighted by Crippen LogP contribution is 2.21. The first-order valence-electron chi connectivity index (χ1n) is 6.36. The number of nitrogens with two attached hydrogens (primary N) is 1. The smallest absolute Gasteiger partial charge is 0.260 e. The van der Waals surface area contributed by atoms with Gasteiger partial charge in [0.1, 0.15) is 5.75 Å². The lowest BCUT2D eigenvalue weighted by atomic mass is 10.2. The van der Waals surface area contributed by atoms with Crippen LogP contribution < -0.4 is 15.8 Å². The van der Waals surface area contributed by atoms with Crippen LogP contribution in [-0.4, -0.2) is 24.6 Å². The summed E-state index contributed by atoms with van der Waals surface area (Å²) >= 11 is 5.93. The van der Waals surface area contributed by atoms with E-state index in [0.717, 1.165) is 12.0 Å². The predicted octanol–water partition coefficient (Wildman–Crippen LogP) is 2.69. The minimum atomic E-state index is -0.548. The first-order valence-corrected chi connectivity index (χ1v) is 6.74. The maximum atomic E-state index is 11.8. The number of halogens is 2. The highest BCUT2D eigenvalue weighted by molar-refractivity contribution is 6.31. The molecule has 0 saturated carbocycles. The molecule has 0 aliphatic rings. The van der Waals surface area contributed by atoms with E-state index in [9.17, 15) is 4.79 Å². The predicted molar refractivity (Wildman–Crippen MR) is 84.8 cm³/mol. The van der Waals surface area contributed by atoms with Crippen molar-refractivity contribution in [2.45, 2.75) is 39.3 Å². The second kappa shape index (κ2) is 9.06. The van der Waals surface area contributed by atoms with Crippen LogP contribution in [0.3, 0.4) is 0 Å². The molecule has 1 rings (SSSR count). The van der Waals surface area contributed by atoms with E-state index >= 15 is 0 Å². The van der Waals surface area contributed by atoms with Crippen molar-refractivity contribution in [3.8, 4) is 5.75 Å². The number of rotatable bonds is 6. The SMILES string of the molecule is Cc1cc(OC(C)C(=O)NCCC(C)N)ccc1Cl.Cl. The molecule has 0 fully saturated rings. The maximum absolute atomic E-state index is 11.8. The number of carbonyl (C=O) groups excluding carboxylic acids is 1. The Hall–Kier alpha value is -0.970. The van der Waals surface area contributed by atoms with Crippen LogP contribution in [0, 0.1) is 6.92 Å². The first kappa shape index (κ1) is 19.0. The van der Waals surface area contributed by atoms with Crippen molar-refractivity contribution in [2.75, 3.05) is 6.54 Å². The normalized spacial score (nSPS) is 13.1. The molecular formula is C14H22Cl2N2O2. The molecular weight excluding hydrogens is 299 g/mol. The van der Waals surface area contributed by atoms with Crippen LogP contribution in [-0.2, 0) is 4.79 Å². The number of hydrogen-bond donors (Lipinski definition) is 2. The summed E-state index contributed by atoms with van der Waals surface area (Å²) in [7, 11) is 0. The molecule has 1 amide bonds. The fourth-order valence-corrected chi connectivity index (χ4v) is 1.63. The van der Waals surface area contributed by atoms with Gasteiger partial charge in [-0.25, -0.2) is 0 Å². The van der Waals surface area contributed by atoms with E-state index in [0.29, 0.717) is 17.3 Å². The van der Waals surface area contributed by atoms with Crippen molar-refractivity contribution in [3.63, 3.8) is 0 Å². The zero-order chi connectivity index (χ0) is 14.4. The minimum absolute atomic E-state index is 0. The zero-order valence-electron chi connectivity index (χ0n) is 12.0. The number of carbonyl (C=O) groups is 1. The van der Waals surface area contributed by atoms with Gasteiger partial charge >= 0.3 is 0 Å². The molecule has 0 spiro atoms. The molecule has 3 N–H and O–H groups in total. The molecule has 20 heavy (non-hydrogen) atoms. The van der Waals surface area contributed by atoms with Crippen LogP contribution in [0.1, 0.15) is 25.8 Å². The third-order valence-corrected chi connectivity index (χ3v) is 3.13. The summed E-state index contributed by atoms with van der Waals surface area (Å²) in [6.07, 6.45) is 0.201. The van der Waals surface area contributed by atoms with E-state index in [1.807, 2.05) is 19.9 Å². The number of hydrogen-bond acceptors (Lipinski definition) is 3. The summed E-state index contributed by atoms with van der Waals surface area (Å²) < 4.78 is 5.57. The Morgan fingerprint density at radius 1 is 1.45 bits per heavy atom. The van der Waals surface area contributed by atoms with Gasteiger partial charge in [-0.15, -0.1) is 12.4 Å². The Balaban J connectivity index is 0.00000361. The molecule has 0 radical (unpaired) electrons. The highest BCUT2D eigenvalue weighted by Gasteiger charge is 2.14. The molecule has 0 saturated heterocycles. The van der Waals surface area contributed by atoms with Crippen LogP contribution in [0.15, 0.2) is 18.2 Å². The van der Waals surface area contributed by atoms with Gasteiger partial charge < -0.3 is 15.8 Å².